The Kier molecular flexibility index (Phi) is 6.72. The second kappa shape index (κ2) is 8.08. The lowest BCUT2D eigenvalue weighted by Gasteiger charge is -2.21. The summed E-state index contributed by atoms with van der Waals surface area (Å²) in [5, 5.41) is 3.30. The molecule has 0 aromatic heterocycles. The fraction of sp³-hybridized carbons (Fsp3) is 0.462. The van der Waals surface area contributed by atoms with Crippen molar-refractivity contribution in [1.82, 2.24) is 10.8 Å². The van der Waals surface area contributed by atoms with Crippen LogP contribution < -0.4 is 10.8 Å². The molecule has 0 atom stereocenters. The Morgan fingerprint density at radius 3 is 2.61 bits per heavy atom. The maximum atomic E-state index is 11.6. The summed E-state index contributed by atoms with van der Waals surface area (Å²) in [4.78, 5) is 16.9. The third-order valence-corrected chi connectivity index (χ3v) is 2.98. The third-order valence-electron chi connectivity index (χ3n) is 2.98. The van der Waals surface area contributed by atoms with Gasteiger partial charge in [0.1, 0.15) is 0 Å². The zero-order valence-corrected chi connectivity index (χ0v) is 11.0. The highest BCUT2D eigenvalue weighted by Gasteiger charge is 2.13. The molecule has 0 bridgehead atoms. The highest BCUT2D eigenvalue weighted by Crippen LogP contribution is 2.11. The quantitative estimate of drug-likeness (QED) is 0.820. The van der Waals surface area contributed by atoms with Gasteiger partial charge in [-0.1, -0.05) is 18.2 Å². The number of carbonyl (C=O) groups is 1. The Bertz CT molecular complexity index is 353. The van der Waals surface area contributed by atoms with Crippen LogP contribution in [0, 0.1) is 5.92 Å². The van der Waals surface area contributed by atoms with Gasteiger partial charge in [-0.3, -0.25) is 9.63 Å². The Hall–Kier alpha value is -1.10. The first kappa shape index (κ1) is 15.0. The van der Waals surface area contributed by atoms with Gasteiger partial charge in [-0.15, -0.1) is 12.4 Å². The lowest BCUT2D eigenvalue weighted by atomic mass is 10.00. The van der Waals surface area contributed by atoms with Crippen LogP contribution in [-0.2, 0) is 4.84 Å². The molecule has 0 spiro atoms. The zero-order valence-electron chi connectivity index (χ0n) is 10.2. The van der Waals surface area contributed by atoms with Crippen LogP contribution in [0.5, 0.6) is 0 Å². The summed E-state index contributed by atoms with van der Waals surface area (Å²) >= 11 is 0. The van der Waals surface area contributed by atoms with Gasteiger partial charge in [-0.2, -0.15) is 0 Å². The average molecular weight is 271 g/mol. The summed E-state index contributed by atoms with van der Waals surface area (Å²) in [7, 11) is 0. The lowest BCUT2D eigenvalue weighted by molar-refractivity contribution is 0.0118. The van der Waals surface area contributed by atoms with Crippen molar-refractivity contribution in [2.45, 2.75) is 12.8 Å². The van der Waals surface area contributed by atoms with Gasteiger partial charge in [0.05, 0.1) is 6.61 Å². The number of amides is 1. The number of halogens is 1. The van der Waals surface area contributed by atoms with Crippen molar-refractivity contribution in [3.05, 3.63) is 35.9 Å². The van der Waals surface area contributed by atoms with Crippen LogP contribution in [0.2, 0.25) is 0 Å². The molecule has 1 heterocycles. The molecule has 2 N–H and O–H groups in total. The van der Waals surface area contributed by atoms with Crippen LogP contribution >= 0.6 is 12.4 Å². The van der Waals surface area contributed by atoms with Crippen LogP contribution in [0.25, 0.3) is 0 Å². The number of hydrogen-bond acceptors (Lipinski definition) is 3. The van der Waals surface area contributed by atoms with Crippen LogP contribution in [0.1, 0.15) is 23.2 Å². The van der Waals surface area contributed by atoms with Crippen molar-refractivity contribution in [2.24, 2.45) is 5.92 Å². The van der Waals surface area contributed by atoms with Crippen LogP contribution in [-0.4, -0.2) is 25.6 Å². The smallest absolute Gasteiger partial charge is 0.274 e. The number of hydroxylamine groups is 1. The van der Waals surface area contributed by atoms with E-state index in [1.165, 1.54) is 0 Å². The van der Waals surface area contributed by atoms with Crippen LogP contribution in [0.15, 0.2) is 30.3 Å². The average Bonchev–Trinajstić information content (AvgIpc) is 2.41. The molecule has 0 unspecified atom stereocenters. The van der Waals surface area contributed by atoms with Crippen LogP contribution in [0.3, 0.4) is 0 Å². The van der Waals surface area contributed by atoms with Gasteiger partial charge < -0.3 is 5.32 Å². The van der Waals surface area contributed by atoms with Gasteiger partial charge in [0.2, 0.25) is 0 Å². The molecule has 0 aliphatic carbocycles. The summed E-state index contributed by atoms with van der Waals surface area (Å²) in [6.07, 6.45) is 2.22. The molecule has 1 fully saturated rings. The van der Waals surface area contributed by atoms with E-state index in [1.807, 2.05) is 18.2 Å². The van der Waals surface area contributed by atoms with Gasteiger partial charge in [0, 0.05) is 5.56 Å². The molecule has 1 aromatic rings. The molecule has 0 radical (unpaired) electrons. The minimum atomic E-state index is -0.181. The number of rotatable bonds is 4. The summed E-state index contributed by atoms with van der Waals surface area (Å²) in [6.45, 7) is 2.68. The Morgan fingerprint density at radius 2 is 1.94 bits per heavy atom. The number of benzene rings is 1. The summed E-state index contributed by atoms with van der Waals surface area (Å²) in [6, 6.07) is 9.09. The minimum Gasteiger partial charge on any atom is -0.317 e. The fourth-order valence-electron chi connectivity index (χ4n) is 1.92. The lowest BCUT2D eigenvalue weighted by Crippen LogP contribution is -2.33. The largest absolute Gasteiger partial charge is 0.317 e. The molecule has 18 heavy (non-hydrogen) atoms. The number of carbonyl (C=O) groups excluding carboxylic acids is 1. The molecular formula is C13H19ClN2O2. The van der Waals surface area contributed by atoms with Crippen LogP contribution in [0.4, 0.5) is 0 Å². The Balaban J connectivity index is 0.00000162. The van der Waals surface area contributed by atoms with E-state index in [0.29, 0.717) is 18.1 Å². The highest BCUT2D eigenvalue weighted by atomic mass is 35.5. The standard InChI is InChI=1S/C13H18N2O2.ClH/c16-13(12-4-2-1-3-5-12)15-17-10-11-6-8-14-9-7-11;/h1-5,11,14H,6-10H2,(H,15,16);1H. The zero-order chi connectivity index (χ0) is 11.9. The van der Waals surface area contributed by atoms with E-state index in [-0.39, 0.29) is 18.3 Å². The molecular weight excluding hydrogens is 252 g/mol. The molecule has 1 aromatic carbocycles. The monoisotopic (exact) mass is 270 g/mol. The number of nitrogens with one attached hydrogen (secondary N) is 2. The molecule has 2 rings (SSSR count). The Labute approximate surface area is 113 Å². The SMILES string of the molecule is Cl.O=C(NOCC1CCNCC1)c1ccccc1. The minimum absolute atomic E-state index is 0. The van der Waals surface area contributed by atoms with Crippen molar-refractivity contribution in [1.29, 1.82) is 0 Å². The van der Waals surface area contributed by atoms with E-state index >= 15 is 0 Å². The first-order valence-corrected chi connectivity index (χ1v) is 6.04. The highest BCUT2D eigenvalue weighted by molar-refractivity contribution is 5.93. The molecule has 0 saturated carbocycles. The maximum Gasteiger partial charge on any atom is 0.274 e. The number of piperidine rings is 1. The summed E-state index contributed by atoms with van der Waals surface area (Å²) < 4.78 is 0. The van der Waals surface area contributed by atoms with E-state index in [2.05, 4.69) is 10.8 Å². The van der Waals surface area contributed by atoms with Gasteiger partial charge >= 0.3 is 0 Å². The second-order valence-electron chi connectivity index (χ2n) is 4.30. The molecule has 4 nitrogen and oxygen atoms in total. The van der Waals surface area contributed by atoms with Crippen molar-refractivity contribution in [3.8, 4) is 0 Å². The predicted octanol–water partition coefficient (Wildman–Crippen LogP) is 1.77. The van der Waals surface area contributed by atoms with Gasteiger partial charge in [-0.25, -0.2) is 5.48 Å². The van der Waals surface area contributed by atoms with Crippen molar-refractivity contribution in [2.75, 3.05) is 19.7 Å². The molecule has 100 valence electrons. The van der Waals surface area contributed by atoms with E-state index in [1.54, 1.807) is 12.1 Å². The van der Waals surface area contributed by atoms with Gasteiger partial charge in [0.25, 0.3) is 5.91 Å². The van der Waals surface area contributed by atoms with E-state index in [4.69, 9.17) is 4.84 Å². The maximum absolute atomic E-state index is 11.6. The first-order valence-electron chi connectivity index (χ1n) is 6.04. The molecule has 1 amide bonds. The predicted molar refractivity (Wildman–Crippen MR) is 72.7 cm³/mol. The van der Waals surface area contributed by atoms with E-state index in [9.17, 15) is 4.79 Å². The van der Waals surface area contributed by atoms with Crippen molar-refractivity contribution in [3.63, 3.8) is 0 Å². The van der Waals surface area contributed by atoms with Gasteiger partial charge in [0.15, 0.2) is 0 Å². The fourth-order valence-corrected chi connectivity index (χ4v) is 1.92. The first-order chi connectivity index (χ1) is 8.36. The Morgan fingerprint density at radius 1 is 1.28 bits per heavy atom. The molecule has 5 heteroatoms. The number of hydrogen-bond donors (Lipinski definition) is 2. The molecule has 1 saturated heterocycles. The summed E-state index contributed by atoms with van der Waals surface area (Å²) in [5.41, 5.74) is 3.11. The van der Waals surface area contributed by atoms with Crippen molar-refractivity contribution < 1.29 is 9.63 Å². The topological polar surface area (TPSA) is 50.4 Å². The second-order valence-corrected chi connectivity index (χ2v) is 4.30. The molecule has 1 aliphatic rings. The van der Waals surface area contributed by atoms with Gasteiger partial charge in [-0.05, 0) is 44.0 Å². The van der Waals surface area contributed by atoms with Crippen molar-refractivity contribution >= 4 is 18.3 Å². The third kappa shape index (κ3) is 4.64. The molecule has 1 aliphatic heterocycles. The van der Waals surface area contributed by atoms with E-state index < -0.39 is 0 Å². The van der Waals surface area contributed by atoms with E-state index in [0.717, 1.165) is 25.9 Å². The normalized spacial score (nSPS) is 15.8. The summed E-state index contributed by atoms with van der Waals surface area (Å²) in [5.74, 6) is 0.367.